The van der Waals surface area contributed by atoms with Gasteiger partial charge in [0.15, 0.2) is 0 Å². The van der Waals surface area contributed by atoms with Gasteiger partial charge in [0, 0.05) is 5.02 Å². The molecule has 0 radical (unpaired) electrons. The molecule has 4 nitrogen and oxygen atoms in total. The Morgan fingerprint density at radius 2 is 1.55 bits per heavy atom. The molecule has 3 aliphatic heterocycles. The molecule has 3 heterocycles. The standard InChI is InChI=1S/C15H12ClNO3/c16-9-3-1-8(2-4-9)7-17-14(18)12-10-5-6-11(20-10)13(12)15(17)19/h1-6,10-13H,7H2/t10-,11+,12?,13?. The molecule has 0 saturated carbocycles. The van der Waals surface area contributed by atoms with Crippen molar-refractivity contribution in [3.05, 3.63) is 47.0 Å². The third-order valence-corrected chi connectivity index (χ3v) is 4.51. The van der Waals surface area contributed by atoms with Crippen molar-refractivity contribution in [3.63, 3.8) is 0 Å². The number of ether oxygens (including phenoxy) is 1. The third-order valence-electron chi connectivity index (χ3n) is 4.26. The summed E-state index contributed by atoms with van der Waals surface area (Å²) in [4.78, 5) is 26.2. The molecule has 3 aliphatic rings. The van der Waals surface area contributed by atoms with Crippen LogP contribution < -0.4 is 0 Å². The number of rotatable bonds is 2. The van der Waals surface area contributed by atoms with Crippen LogP contribution >= 0.6 is 11.6 Å². The molecule has 0 aliphatic carbocycles. The van der Waals surface area contributed by atoms with Crippen molar-refractivity contribution in [1.29, 1.82) is 0 Å². The summed E-state index contributed by atoms with van der Waals surface area (Å²) in [5.41, 5.74) is 0.900. The van der Waals surface area contributed by atoms with Crippen LogP contribution in [0.4, 0.5) is 0 Å². The first-order valence-corrected chi connectivity index (χ1v) is 6.96. The molecule has 4 atom stereocenters. The van der Waals surface area contributed by atoms with E-state index in [2.05, 4.69) is 0 Å². The molecule has 4 rings (SSSR count). The molecule has 0 N–H and O–H groups in total. The van der Waals surface area contributed by atoms with Crippen LogP contribution in [0.3, 0.4) is 0 Å². The molecule has 20 heavy (non-hydrogen) atoms. The minimum atomic E-state index is -0.329. The van der Waals surface area contributed by atoms with Crippen LogP contribution in [0, 0.1) is 11.8 Å². The second-order valence-electron chi connectivity index (χ2n) is 5.39. The van der Waals surface area contributed by atoms with Gasteiger partial charge in [-0.2, -0.15) is 0 Å². The Balaban J connectivity index is 1.60. The van der Waals surface area contributed by atoms with Crippen LogP contribution in [0.25, 0.3) is 0 Å². The number of nitrogens with zero attached hydrogens (tertiary/aromatic N) is 1. The Morgan fingerprint density at radius 3 is 2.10 bits per heavy atom. The molecule has 1 aromatic carbocycles. The first-order valence-electron chi connectivity index (χ1n) is 6.58. The van der Waals surface area contributed by atoms with Crippen LogP contribution in [0.5, 0.6) is 0 Å². The highest BCUT2D eigenvalue weighted by Gasteiger charge is 2.60. The van der Waals surface area contributed by atoms with Crippen LogP contribution in [-0.2, 0) is 20.9 Å². The van der Waals surface area contributed by atoms with Crippen molar-refractivity contribution >= 4 is 23.4 Å². The fourth-order valence-electron chi connectivity index (χ4n) is 3.29. The van der Waals surface area contributed by atoms with Crippen molar-refractivity contribution < 1.29 is 14.3 Å². The summed E-state index contributed by atoms with van der Waals surface area (Å²) < 4.78 is 5.60. The average molecular weight is 290 g/mol. The molecule has 5 heteroatoms. The van der Waals surface area contributed by atoms with Crippen molar-refractivity contribution in [2.75, 3.05) is 0 Å². The first kappa shape index (κ1) is 12.1. The maximum absolute atomic E-state index is 12.4. The smallest absolute Gasteiger partial charge is 0.236 e. The van der Waals surface area contributed by atoms with E-state index in [0.717, 1.165) is 5.56 Å². The van der Waals surface area contributed by atoms with E-state index in [-0.39, 0.29) is 35.9 Å². The van der Waals surface area contributed by atoms with E-state index in [1.54, 1.807) is 12.1 Å². The summed E-state index contributed by atoms with van der Waals surface area (Å²) in [6, 6.07) is 7.19. The van der Waals surface area contributed by atoms with Crippen LogP contribution in [0.2, 0.25) is 5.02 Å². The molecular weight excluding hydrogens is 278 g/mol. The fourth-order valence-corrected chi connectivity index (χ4v) is 3.42. The predicted octanol–water partition coefficient (Wildman–Crippen LogP) is 1.78. The average Bonchev–Trinajstić information content (AvgIpc) is 3.11. The summed E-state index contributed by atoms with van der Waals surface area (Å²) in [6.07, 6.45) is 3.33. The number of benzene rings is 1. The summed E-state index contributed by atoms with van der Waals surface area (Å²) in [6.45, 7) is 0.307. The van der Waals surface area contributed by atoms with Crippen LogP contribution in [-0.4, -0.2) is 28.9 Å². The third kappa shape index (κ3) is 1.58. The lowest BCUT2D eigenvalue weighted by atomic mass is 9.85. The van der Waals surface area contributed by atoms with Crippen LogP contribution in [0.15, 0.2) is 36.4 Å². The number of fused-ring (bicyclic) bond motifs is 5. The van der Waals surface area contributed by atoms with Gasteiger partial charge in [-0.25, -0.2) is 0 Å². The maximum Gasteiger partial charge on any atom is 0.236 e. The predicted molar refractivity (Wildman–Crippen MR) is 71.8 cm³/mol. The van der Waals surface area contributed by atoms with E-state index in [4.69, 9.17) is 16.3 Å². The number of carbonyl (C=O) groups is 2. The lowest BCUT2D eigenvalue weighted by Crippen LogP contribution is -2.33. The largest absolute Gasteiger partial charge is 0.365 e. The normalized spacial score (nSPS) is 34.1. The van der Waals surface area contributed by atoms with Gasteiger partial charge in [-0.05, 0) is 17.7 Å². The van der Waals surface area contributed by atoms with Crippen molar-refractivity contribution in [1.82, 2.24) is 4.90 Å². The van der Waals surface area contributed by atoms with Gasteiger partial charge in [0.05, 0.1) is 30.6 Å². The zero-order valence-corrected chi connectivity index (χ0v) is 11.3. The van der Waals surface area contributed by atoms with E-state index in [9.17, 15) is 9.59 Å². The second-order valence-corrected chi connectivity index (χ2v) is 5.83. The molecule has 102 valence electrons. The Hall–Kier alpha value is -1.65. The highest BCUT2D eigenvalue weighted by Crippen LogP contribution is 2.45. The van der Waals surface area contributed by atoms with Gasteiger partial charge in [0.1, 0.15) is 0 Å². The highest BCUT2D eigenvalue weighted by molar-refractivity contribution is 6.30. The number of imide groups is 1. The molecule has 1 aromatic rings. The molecular formula is C15H12ClNO3. The van der Waals surface area contributed by atoms with E-state index in [0.29, 0.717) is 11.6 Å². The molecule has 0 spiro atoms. The molecule has 2 saturated heterocycles. The fraction of sp³-hybridized carbons (Fsp3) is 0.333. The molecule has 2 amide bonds. The Kier molecular flexibility index (Phi) is 2.53. The van der Waals surface area contributed by atoms with Gasteiger partial charge in [-0.3, -0.25) is 14.5 Å². The van der Waals surface area contributed by atoms with Gasteiger partial charge in [0.25, 0.3) is 0 Å². The number of hydrogen-bond donors (Lipinski definition) is 0. The van der Waals surface area contributed by atoms with Crippen LogP contribution in [0.1, 0.15) is 5.56 Å². The quantitative estimate of drug-likeness (QED) is 0.616. The summed E-state index contributed by atoms with van der Waals surface area (Å²) in [5.74, 6) is -0.895. The van der Waals surface area contributed by atoms with Crippen molar-refractivity contribution in [2.45, 2.75) is 18.8 Å². The van der Waals surface area contributed by atoms with Crippen molar-refractivity contribution in [3.8, 4) is 0 Å². The van der Waals surface area contributed by atoms with E-state index in [1.165, 1.54) is 4.90 Å². The number of hydrogen-bond acceptors (Lipinski definition) is 3. The van der Waals surface area contributed by atoms with Gasteiger partial charge >= 0.3 is 0 Å². The second kappa shape index (κ2) is 4.17. The number of likely N-dealkylation sites (tertiary alicyclic amines) is 1. The zero-order chi connectivity index (χ0) is 13.9. The van der Waals surface area contributed by atoms with Crippen molar-refractivity contribution in [2.24, 2.45) is 11.8 Å². The van der Waals surface area contributed by atoms with Gasteiger partial charge in [0.2, 0.25) is 11.8 Å². The maximum atomic E-state index is 12.4. The summed E-state index contributed by atoms with van der Waals surface area (Å²) in [7, 11) is 0. The lowest BCUT2D eigenvalue weighted by Gasteiger charge is -2.17. The first-order chi connectivity index (χ1) is 9.65. The summed E-state index contributed by atoms with van der Waals surface area (Å²) in [5, 5.41) is 0.639. The zero-order valence-electron chi connectivity index (χ0n) is 10.5. The molecule has 2 unspecified atom stereocenters. The number of halogens is 1. The SMILES string of the molecule is O=C1C2C(C(=O)N1Cc1ccc(Cl)cc1)[C@H]1C=C[C@@H]2O1. The minimum absolute atomic E-state index is 0.119. The Bertz CT molecular complexity index is 595. The van der Waals surface area contributed by atoms with E-state index < -0.39 is 0 Å². The molecule has 2 fully saturated rings. The van der Waals surface area contributed by atoms with E-state index >= 15 is 0 Å². The van der Waals surface area contributed by atoms with Gasteiger partial charge in [-0.1, -0.05) is 35.9 Å². The molecule has 0 aromatic heterocycles. The minimum Gasteiger partial charge on any atom is -0.365 e. The summed E-state index contributed by atoms with van der Waals surface area (Å²) >= 11 is 5.84. The Labute approximate surface area is 121 Å². The van der Waals surface area contributed by atoms with E-state index in [1.807, 2.05) is 24.3 Å². The topological polar surface area (TPSA) is 46.6 Å². The Morgan fingerprint density at radius 1 is 1.00 bits per heavy atom. The number of amides is 2. The highest BCUT2D eigenvalue weighted by atomic mass is 35.5. The monoisotopic (exact) mass is 289 g/mol. The van der Waals surface area contributed by atoms with Gasteiger partial charge in [-0.15, -0.1) is 0 Å². The molecule has 2 bridgehead atoms. The number of carbonyl (C=O) groups excluding carboxylic acids is 2. The van der Waals surface area contributed by atoms with Gasteiger partial charge < -0.3 is 4.74 Å². The lowest BCUT2D eigenvalue weighted by molar-refractivity contribution is -0.143.